The van der Waals surface area contributed by atoms with Crippen LogP contribution in [-0.2, 0) is 6.54 Å². The van der Waals surface area contributed by atoms with Crippen molar-refractivity contribution in [3.63, 3.8) is 0 Å². The van der Waals surface area contributed by atoms with Gasteiger partial charge in [-0.2, -0.15) is 10.2 Å². The van der Waals surface area contributed by atoms with Crippen LogP contribution < -0.4 is 10.2 Å². The Labute approximate surface area is 153 Å². The van der Waals surface area contributed by atoms with Crippen molar-refractivity contribution in [3.8, 4) is 11.3 Å². The van der Waals surface area contributed by atoms with Gasteiger partial charge in [0.1, 0.15) is 0 Å². The average molecular weight is 348 g/mol. The van der Waals surface area contributed by atoms with Crippen molar-refractivity contribution in [1.29, 1.82) is 0 Å². The van der Waals surface area contributed by atoms with E-state index in [0.717, 1.165) is 31.1 Å². The predicted octanol–water partition coefficient (Wildman–Crippen LogP) is 2.93. The third-order valence-corrected chi connectivity index (χ3v) is 4.98. The summed E-state index contributed by atoms with van der Waals surface area (Å²) in [6, 6.07) is 13.0. The van der Waals surface area contributed by atoms with Crippen molar-refractivity contribution in [1.82, 2.24) is 25.7 Å². The van der Waals surface area contributed by atoms with Crippen LogP contribution in [0.4, 0.5) is 5.82 Å². The molecule has 6 heteroatoms. The van der Waals surface area contributed by atoms with Gasteiger partial charge < -0.3 is 10.2 Å². The van der Waals surface area contributed by atoms with Crippen LogP contribution in [0, 0.1) is 6.92 Å². The van der Waals surface area contributed by atoms with Crippen molar-refractivity contribution < 1.29 is 0 Å². The molecule has 3 aromatic rings. The molecule has 0 saturated carbocycles. The normalized spacial score (nSPS) is 17.0. The number of nitrogens with zero attached hydrogens (tertiary/aromatic N) is 4. The first-order valence-electron chi connectivity index (χ1n) is 9.15. The first-order chi connectivity index (χ1) is 12.8. The lowest BCUT2D eigenvalue weighted by molar-refractivity contribution is 0.570. The Morgan fingerprint density at radius 3 is 2.92 bits per heavy atom. The second kappa shape index (κ2) is 7.66. The fraction of sp³-hybridized carbons (Fsp3) is 0.350. The highest BCUT2D eigenvalue weighted by Crippen LogP contribution is 2.24. The lowest BCUT2D eigenvalue weighted by Crippen LogP contribution is -2.38. The average Bonchev–Trinajstić information content (AvgIpc) is 3.33. The van der Waals surface area contributed by atoms with Gasteiger partial charge in [0.05, 0.1) is 11.9 Å². The van der Waals surface area contributed by atoms with Crippen LogP contribution in [0.2, 0.25) is 0 Å². The van der Waals surface area contributed by atoms with Crippen LogP contribution in [-0.4, -0.2) is 39.5 Å². The van der Waals surface area contributed by atoms with E-state index < -0.39 is 0 Å². The highest BCUT2D eigenvalue weighted by molar-refractivity contribution is 5.62. The van der Waals surface area contributed by atoms with Gasteiger partial charge in [0.25, 0.3) is 0 Å². The monoisotopic (exact) mass is 348 g/mol. The summed E-state index contributed by atoms with van der Waals surface area (Å²) in [6.07, 6.45) is 6.01. The largest absolute Gasteiger partial charge is 0.351 e. The molecule has 0 radical (unpaired) electrons. The molecule has 0 aliphatic carbocycles. The minimum atomic E-state index is 0.460. The molecule has 1 aromatic carbocycles. The third-order valence-electron chi connectivity index (χ3n) is 4.98. The molecule has 134 valence electrons. The molecule has 1 fully saturated rings. The number of anilines is 1. The number of rotatable bonds is 6. The standard InChI is InChI=1S/C20H24N6/c1-15-6-8-16(9-7-15)20-17(13-23-25-20)12-21-14-18-4-3-11-26(18)19-5-2-10-22-24-19/h2,5-10,13,18,21H,3-4,11-12,14H2,1H3,(H,23,25)/t18-/m0/s1. The zero-order chi connectivity index (χ0) is 17.8. The molecule has 2 N–H and O–H groups in total. The van der Waals surface area contributed by atoms with Gasteiger partial charge in [-0.05, 0) is 37.5 Å². The molecule has 1 atom stereocenters. The molecule has 6 nitrogen and oxygen atoms in total. The second-order valence-corrected chi connectivity index (χ2v) is 6.84. The van der Waals surface area contributed by atoms with E-state index in [9.17, 15) is 0 Å². The summed E-state index contributed by atoms with van der Waals surface area (Å²) in [7, 11) is 0. The van der Waals surface area contributed by atoms with Crippen LogP contribution in [0.15, 0.2) is 48.8 Å². The number of H-pyrrole nitrogens is 1. The SMILES string of the molecule is Cc1ccc(-c2[nH]ncc2CNC[C@@H]2CCCN2c2cccnn2)cc1. The highest BCUT2D eigenvalue weighted by Gasteiger charge is 2.25. The third kappa shape index (κ3) is 3.60. The molecular formula is C20H24N6. The van der Waals surface area contributed by atoms with E-state index in [1.807, 2.05) is 18.3 Å². The van der Waals surface area contributed by atoms with Crippen molar-refractivity contribution in [2.75, 3.05) is 18.0 Å². The number of aryl methyl sites for hydroxylation is 1. The molecule has 4 rings (SSSR count). The minimum absolute atomic E-state index is 0.460. The lowest BCUT2D eigenvalue weighted by Gasteiger charge is -2.25. The maximum Gasteiger partial charge on any atom is 0.151 e. The topological polar surface area (TPSA) is 69.7 Å². The number of benzene rings is 1. The Kier molecular flexibility index (Phi) is 4.93. The van der Waals surface area contributed by atoms with Gasteiger partial charge in [0.2, 0.25) is 0 Å². The zero-order valence-corrected chi connectivity index (χ0v) is 15.0. The summed E-state index contributed by atoms with van der Waals surface area (Å²) < 4.78 is 0. The fourth-order valence-corrected chi connectivity index (χ4v) is 3.58. The minimum Gasteiger partial charge on any atom is -0.351 e. The number of aromatic nitrogens is 4. The molecule has 26 heavy (non-hydrogen) atoms. The lowest BCUT2D eigenvalue weighted by atomic mass is 10.1. The Morgan fingerprint density at radius 2 is 2.12 bits per heavy atom. The summed E-state index contributed by atoms with van der Waals surface area (Å²) >= 11 is 0. The second-order valence-electron chi connectivity index (χ2n) is 6.84. The summed E-state index contributed by atoms with van der Waals surface area (Å²) in [5.74, 6) is 0.973. The van der Waals surface area contributed by atoms with E-state index in [4.69, 9.17) is 0 Å². The maximum atomic E-state index is 4.26. The van der Waals surface area contributed by atoms with E-state index >= 15 is 0 Å². The fourth-order valence-electron chi connectivity index (χ4n) is 3.58. The first-order valence-corrected chi connectivity index (χ1v) is 9.15. The summed E-state index contributed by atoms with van der Waals surface area (Å²) in [6.45, 7) is 4.87. The Hall–Kier alpha value is -2.73. The molecule has 0 spiro atoms. The van der Waals surface area contributed by atoms with Crippen molar-refractivity contribution >= 4 is 5.82 Å². The molecule has 1 aliphatic rings. The van der Waals surface area contributed by atoms with Crippen molar-refractivity contribution in [3.05, 3.63) is 59.9 Å². The maximum absolute atomic E-state index is 4.26. The van der Waals surface area contributed by atoms with Gasteiger partial charge in [0, 0.05) is 37.4 Å². The molecular weight excluding hydrogens is 324 g/mol. The van der Waals surface area contributed by atoms with E-state index in [1.165, 1.54) is 29.5 Å². The number of nitrogens with one attached hydrogen (secondary N) is 2. The van der Waals surface area contributed by atoms with Gasteiger partial charge in [-0.3, -0.25) is 5.10 Å². The van der Waals surface area contributed by atoms with Crippen LogP contribution in [0.1, 0.15) is 24.0 Å². The molecule has 1 aliphatic heterocycles. The number of hydrogen-bond donors (Lipinski definition) is 2. The Morgan fingerprint density at radius 1 is 1.23 bits per heavy atom. The Bertz CT molecular complexity index is 827. The quantitative estimate of drug-likeness (QED) is 0.717. The molecule has 0 bridgehead atoms. The van der Waals surface area contributed by atoms with Gasteiger partial charge in [0.15, 0.2) is 5.82 Å². The molecule has 3 heterocycles. The van der Waals surface area contributed by atoms with Crippen LogP contribution in [0.3, 0.4) is 0 Å². The van der Waals surface area contributed by atoms with Crippen LogP contribution >= 0.6 is 0 Å². The van der Waals surface area contributed by atoms with Crippen LogP contribution in [0.5, 0.6) is 0 Å². The molecule has 0 unspecified atom stereocenters. The van der Waals surface area contributed by atoms with Crippen molar-refractivity contribution in [2.24, 2.45) is 0 Å². The van der Waals surface area contributed by atoms with Gasteiger partial charge in [-0.15, -0.1) is 5.10 Å². The zero-order valence-electron chi connectivity index (χ0n) is 15.0. The predicted molar refractivity (Wildman–Crippen MR) is 103 cm³/mol. The van der Waals surface area contributed by atoms with Gasteiger partial charge in [-0.1, -0.05) is 29.8 Å². The highest BCUT2D eigenvalue weighted by atomic mass is 15.3. The van der Waals surface area contributed by atoms with E-state index in [-0.39, 0.29) is 0 Å². The van der Waals surface area contributed by atoms with E-state index in [0.29, 0.717) is 6.04 Å². The van der Waals surface area contributed by atoms with E-state index in [1.54, 1.807) is 6.20 Å². The summed E-state index contributed by atoms with van der Waals surface area (Å²) in [5, 5.41) is 19.3. The van der Waals surface area contributed by atoms with E-state index in [2.05, 4.69) is 61.8 Å². The van der Waals surface area contributed by atoms with Gasteiger partial charge in [-0.25, -0.2) is 0 Å². The van der Waals surface area contributed by atoms with Crippen LogP contribution in [0.25, 0.3) is 11.3 Å². The molecule has 1 saturated heterocycles. The summed E-state index contributed by atoms with van der Waals surface area (Å²) in [4.78, 5) is 2.36. The summed E-state index contributed by atoms with van der Waals surface area (Å²) in [5.41, 5.74) is 4.72. The Balaban J connectivity index is 1.38. The number of aromatic amines is 1. The smallest absolute Gasteiger partial charge is 0.151 e. The number of hydrogen-bond acceptors (Lipinski definition) is 5. The molecule has 2 aromatic heterocycles. The van der Waals surface area contributed by atoms with Crippen molar-refractivity contribution in [2.45, 2.75) is 32.4 Å². The van der Waals surface area contributed by atoms with Gasteiger partial charge >= 0.3 is 0 Å². The molecule has 0 amide bonds. The first kappa shape index (κ1) is 16.7.